The van der Waals surface area contributed by atoms with Crippen molar-refractivity contribution in [1.29, 1.82) is 0 Å². The number of esters is 1. The predicted octanol–water partition coefficient (Wildman–Crippen LogP) is 1.32. The smallest absolute Gasteiger partial charge is 0.303 e. The SMILES string of the molecule is CC(=O)O[C@@H]1C(=O)[C@]2(C)[C@H]3CC(C)(C)[C@H]3[C@@H]3O[C@H]1[C@@H](C)[C@@]32O. The van der Waals surface area contributed by atoms with Crippen molar-refractivity contribution < 1.29 is 24.2 Å². The van der Waals surface area contributed by atoms with E-state index in [1.165, 1.54) is 6.92 Å². The van der Waals surface area contributed by atoms with Crippen LogP contribution >= 0.6 is 0 Å². The summed E-state index contributed by atoms with van der Waals surface area (Å²) in [5.74, 6) is -0.551. The minimum absolute atomic E-state index is 0.0736. The zero-order valence-electron chi connectivity index (χ0n) is 13.8. The lowest BCUT2D eigenvalue weighted by molar-refractivity contribution is -0.198. The molecule has 3 aliphatic carbocycles. The number of rotatable bonds is 1. The van der Waals surface area contributed by atoms with Crippen LogP contribution in [0.25, 0.3) is 0 Å². The Balaban J connectivity index is 1.84. The lowest BCUT2D eigenvalue weighted by Crippen LogP contribution is -2.66. The molecule has 1 N–H and O–H groups in total. The second-order valence-corrected chi connectivity index (χ2v) is 8.56. The summed E-state index contributed by atoms with van der Waals surface area (Å²) in [5.41, 5.74) is -1.96. The van der Waals surface area contributed by atoms with E-state index in [4.69, 9.17) is 9.47 Å². The fourth-order valence-electron chi connectivity index (χ4n) is 6.18. The third-order valence-electron chi connectivity index (χ3n) is 7.27. The Morgan fingerprint density at radius 3 is 2.55 bits per heavy atom. The summed E-state index contributed by atoms with van der Waals surface area (Å²) in [5, 5.41) is 11.5. The fraction of sp³-hybridized carbons (Fsp3) is 0.882. The first-order valence-electron chi connectivity index (χ1n) is 8.16. The van der Waals surface area contributed by atoms with Crippen LogP contribution in [0, 0.1) is 28.6 Å². The molecule has 0 aromatic carbocycles. The molecule has 0 spiro atoms. The summed E-state index contributed by atoms with van der Waals surface area (Å²) in [4.78, 5) is 24.5. The van der Waals surface area contributed by atoms with Gasteiger partial charge in [0.2, 0.25) is 0 Å². The first kappa shape index (κ1) is 14.6. The van der Waals surface area contributed by atoms with Crippen molar-refractivity contribution in [1.82, 2.24) is 0 Å². The first-order valence-corrected chi connectivity index (χ1v) is 8.16. The van der Waals surface area contributed by atoms with Gasteiger partial charge in [-0.15, -0.1) is 0 Å². The number of ether oxygens (including phenoxy) is 2. The van der Waals surface area contributed by atoms with E-state index in [2.05, 4.69) is 13.8 Å². The maximum atomic E-state index is 13.1. The van der Waals surface area contributed by atoms with Crippen LogP contribution in [0.5, 0.6) is 0 Å². The summed E-state index contributed by atoms with van der Waals surface area (Å²) in [6.07, 6.45) is -0.855. The minimum Gasteiger partial charge on any atom is -0.452 e. The summed E-state index contributed by atoms with van der Waals surface area (Å²) in [6.45, 7) is 9.45. The third kappa shape index (κ3) is 1.23. The predicted molar refractivity (Wildman–Crippen MR) is 76.8 cm³/mol. The largest absolute Gasteiger partial charge is 0.452 e. The van der Waals surface area contributed by atoms with Crippen molar-refractivity contribution in [3.05, 3.63) is 0 Å². The quantitative estimate of drug-likeness (QED) is 0.740. The van der Waals surface area contributed by atoms with Crippen LogP contribution in [0.3, 0.4) is 0 Å². The van der Waals surface area contributed by atoms with Crippen LogP contribution < -0.4 is 0 Å². The van der Waals surface area contributed by atoms with Gasteiger partial charge in [-0.1, -0.05) is 20.8 Å². The second kappa shape index (κ2) is 3.75. The molecule has 0 radical (unpaired) electrons. The van der Waals surface area contributed by atoms with Gasteiger partial charge >= 0.3 is 5.97 Å². The molecular weight excluding hydrogens is 284 g/mol. The van der Waals surface area contributed by atoms with Crippen molar-refractivity contribution >= 4 is 11.8 Å². The van der Waals surface area contributed by atoms with Gasteiger partial charge in [0.15, 0.2) is 11.9 Å². The van der Waals surface area contributed by atoms with Crippen LogP contribution in [0.2, 0.25) is 0 Å². The highest BCUT2D eigenvalue weighted by atomic mass is 16.6. The van der Waals surface area contributed by atoms with Crippen LogP contribution in [0.15, 0.2) is 0 Å². The Morgan fingerprint density at radius 1 is 1.36 bits per heavy atom. The van der Waals surface area contributed by atoms with E-state index in [-0.39, 0.29) is 35.1 Å². The van der Waals surface area contributed by atoms with Gasteiger partial charge in [0.1, 0.15) is 11.7 Å². The molecule has 1 heterocycles. The number of hydrogen-bond donors (Lipinski definition) is 1. The van der Waals surface area contributed by atoms with Gasteiger partial charge in [-0.25, -0.2) is 0 Å². The number of ketones is 1. The molecule has 3 saturated carbocycles. The van der Waals surface area contributed by atoms with Gasteiger partial charge in [-0.3, -0.25) is 9.59 Å². The number of carbonyl (C=O) groups is 2. The summed E-state index contributed by atoms with van der Waals surface area (Å²) < 4.78 is 11.5. The molecule has 2 bridgehead atoms. The Bertz CT molecular complexity index is 584. The molecule has 4 rings (SSSR count). The lowest BCUT2D eigenvalue weighted by atomic mass is 9.49. The number of aliphatic hydroxyl groups is 1. The highest BCUT2D eigenvalue weighted by molar-refractivity contribution is 5.95. The molecule has 0 aromatic rings. The second-order valence-electron chi connectivity index (χ2n) is 8.56. The Labute approximate surface area is 130 Å². The molecule has 5 heteroatoms. The zero-order chi connectivity index (χ0) is 16.2. The van der Waals surface area contributed by atoms with E-state index in [0.717, 1.165) is 6.42 Å². The van der Waals surface area contributed by atoms with Crippen molar-refractivity contribution in [2.75, 3.05) is 0 Å². The molecule has 1 aliphatic heterocycles. The lowest BCUT2D eigenvalue weighted by Gasteiger charge is -2.56. The van der Waals surface area contributed by atoms with E-state index < -0.39 is 29.2 Å². The molecule has 4 aliphatic rings. The summed E-state index contributed by atoms with van der Waals surface area (Å²) >= 11 is 0. The van der Waals surface area contributed by atoms with Gasteiger partial charge < -0.3 is 14.6 Å². The average Bonchev–Trinajstić information content (AvgIpc) is 2.72. The molecule has 1 saturated heterocycles. The van der Waals surface area contributed by atoms with Gasteiger partial charge in [-0.05, 0) is 30.6 Å². The van der Waals surface area contributed by atoms with Crippen molar-refractivity contribution in [3.8, 4) is 0 Å². The van der Waals surface area contributed by atoms with Crippen molar-refractivity contribution in [2.24, 2.45) is 28.6 Å². The molecule has 0 aromatic heterocycles. The van der Waals surface area contributed by atoms with Gasteiger partial charge in [-0.2, -0.15) is 0 Å². The number of carbonyl (C=O) groups excluding carboxylic acids is 2. The topological polar surface area (TPSA) is 72.8 Å². The van der Waals surface area contributed by atoms with E-state index in [9.17, 15) is 14.7 Å². The van der Waals surface area contributed by atoms with Crippen LogP contribution in [0.4, 0.5) is 0 Å². The highest BCUT2D eigenvalue weighted by Gasteiger charge is 2.84. The fourth-order valence-corrected chi connectivity index (χ4v) is 6.18. The normalized spacial score (nSPS) is 57.3. The Kier molecular flexibility index (Phi) is 2.50. The first-order chi connectivity index (χ1) is 10.1. The van der Waals surface area contributed by atoms with E-state index in [1.54, 1.807) is 0 Å². The number of hydrogen-bond acceptors (Lipinski definition) is 5. The molecule has 0 amide bonds. The zero-order valence-corrected chi connectivity index (χ0v) is 13.8. The highest BCUT2D eigenvalue weighted by Crippen LogP contribution is 2.75. The van der Waals surface area contributed by atoms with E-state index in [0.29, 0.717) is 0 Å². The number of fused-ring (bicyclic) bond motifs is 4. The van der Waals surface area contributed by atoms with Gasteiger partial charge in [0.25, 0.3) is 0 Å². The average molecular weight is 308 g/mol. The van der Waals surface area contributed by atoms with Gasteiger partial charge in [0, 0.05) is 12.8 Å². The maximum absolute atomic E-state index is 13.1. The Hall–Kier alpha value is -0.940. The molecular formula is C17H24O5. The molecule has 122 valence electrons. The number of Topliss-reactive ketones (excluding diaryl/α,β-unsaturated/α-hetero) is 1. The molecule has 8 atom stereocenters. The summed E-state index contributed by atoms with van der Waals surface area (Å²) in [7, 11) is 0. The van der Waals surface area contributed by atoms with Crippen molar-refractivity contribution in [3.63, 3.8) is 0 Å². The summed E-state index contributed by atoms with van der Waals surface area (Å²) in [6, 6.07) is 0. The monoisotopic (exact) mass is 308 g/mol. The third-order valence-corrected chi connectivity index (χ3v) is 7.27. The van der Waals surface area contributed by atoms with Crippen LogP contribution in [0.1, 0.15) is 41.0 Å². The van der Waals surface area contributed by atoms with Crippen LogP contribution in [-0.2, 0) is 19.1 Å². The van der Waals surface area contributed by atoms with Crippen molar-refractivity contribution in [2.45, 2.75) is 65.0 Å². The molecule has 0 unspecified atom stereocenters. The Morgan fingerprint density at radius 2 is 2.00 bits per heavy atom. The molecule has 4 fully saturated rings. The minimum atomic E-state index is -1.14. The van der Waals surface area contributed by atoms with E-state index in [1.807, 2.05) is 13.8 Å². The van der Waals surface area contributed by atoms with E-state index >= 15 is 0 Å². The molecule has 5 nitrogen and oxygen atoms in total. The maximum Gasteiger partial charge on any atom is 0.303 e. The van der Waals surface area contributed by atoms with Gasteiger partial charge in [0.05, 0.1) is 11.5 Å². The standard InChI is InChI=1S/C17H24O5/c1-7-11-12(21-8(2)18)13(19)16(5)9-6-15(3,4)10(9)14(22-11)17(7,16)20/h7,9-12,14,20H,6H2,1-5H3/t7-,9+,10-,11+,12+,14+,16+,17-/m1/s1. The van der Waals surface area contributed by atoms with Crippen LogP contribution in [-0.4, -0.2) is 40.8 Å². The molecule has 22 heavy (non-hydrogen) atoms.